The third kappa shape index (κ3) is 3.34. The lowest BCUT2D eigenvalue weighted by Gasteiger charge is -2.15. The van der Waals surface area contributed by atoms with Crippen LogP contribution in [0.3, 0.4) is 0 Å². The average molecular weight is 373 g/mol. The van der Waals surface area contributed by atoms with Gasteiger partial charge in [0, 0.05) is 14.1 Å². The lowest BCUT2D eigenvalue weighted by molar-refractivity contribution is 0.0900. The Hall–Kier alpha value is -3.40. The van der Waals surface area contributed by atoms with E-state index < -0.39 is 23.3 Å². The van der Waals surface area contributed by atoms with E-state index in [-0.39, 0.29) is 35.6 Å². The molecule has 27 heavy (non-hydrogen) atoms. The Morgan fingerprint density at radius 1 is 1.26 bits per heavy atom. The molecule has 3 rings (SSSR count). The lowest BCUT2D eigenvalue weighted by atomic mass is 10.2. The molecule has 0 bridgehead atoms. The van der Waals surface area contributed by atoms with Gasteiger partial charge in [0.1, 0.15) is 18.5 Å². The quantitative estimate of drug-likeness (QED) is 0.567. The number of amides is 1. The zero-order chi connectivity index (χ0) is 19.7. The van der Waals surface area contributed by atoms with Crippen LogP contribution in [0.1, 0.15) is 10.4 Å². The van der Waals surface area contributed by atoms with Gasteiger partial charge in [0.2, 0.25) is 0 Å². The molecule has 0 aliphatic heterocycles. The fourth-order valence-corrected chi connectivity index (χ4v) is 2.80. The molecular weight excluding hydrogens is 354 g/mol. The summed E-state index contributed by atoms with van der Waals surface area (Å²) < 4.78 is 9.20. The molecule has 142 valence electrons. The molecule has 2 aromatic heterocycles. The summed E-state index contributed by atoms with van der Waals surface area (Å²) in [6.45, 7) is -0.112. The van der Waals surface area contributed by atoms with Crippen molar-refractivity contribution in [2.75, 3.05) is 6.61 Å². The molecule has 3 aromatic rings. The summed E-state index contributed by atoms with van der Waals surface area (Å²) in [6.07, 6.45) is 0.386. The molecular formula is C17H19N5O5. The number of aryl methyl sites for hydroxylation is 1. The molecule has 10 heteroatoms. The van der Waals surface area contributed by atoms with Crippen molar-refractivity contribution in [1.82, 2.24) is 18.7 Å². The summed E-state index contributed by atoms with van der Waals surface area (Å²) in [5.41, 5.74) is 4.95. The first kappa shape index (κ1) is 18.4. The van der Waals surface area contributed by atoms with E-state index in [9.17, 15) is 19.5 Å². The Morgan fingerprint density at radius 3 is 2.67 bits per heavy atom. The summed E-state index contributed by atoms with van der Waals surface area (Å²) >= 11 is 0. The van der Waals surface area contributed by atoms with Gasteiger partial charge in [-0.25, -0.2) is 9.78 Å². The highest BCUT2D eigenvalue weighted by Crippen LogP contribution is 2.17. The number of aliphatic hydroxyl groups is 1. The normalized spacial score (nSPS) is 12.3. The Kier molecular flexibility index (Phi) is 4.82. The number of aliphatic hydroxyl groups excluding tert-OH is 1. The van der Waals surface area contributed by atoms with E-state index >= 15 is 0 Å². The van der Waals surface area contributed by atoms with E-state index in [1.807, 2.05) is 0 Å². The van der Waals surface area contributed by atoms with Crippen LogP contribution in [0.25, 0.3) is 11.2 Å². The largest absolute Gasteiger partial charge is 0.490 e. The van der Waals surface area contributed by atoms with Gasteiger partial charge in [-0.15, -0.1) is 0 Å². The van der Waals surface area contributed by atoms with Crippen molar-refractivity contribution in [3.8, 4) is 5.75 Å². The molecule has 0 saturated carbocycles. The highest BCUT2D eigenvalue weighted by atomic mass is 16.5. The lowest BCUT2D eigenvalue weighted by Crippen LogP contribution is -2.38. The molecule has 0 saturated heterocycles. The smallest absolute Gasteiger partial charge is 0.332 e. The summed E-state index contributed by atoms with van der Waals surface area (Å²) in [5, 5.41) is 10.3. The number of nitrogens with two attached hydrogens (primary N) is 1. The number of aromatic nitrogens is 4. The molecule has 0 radical (unpaired) electrons. The number of para-hydroxylation sites is 1. The number of carbonyl (C=O) groups excluding carboxylic acids is 1. The third-order valence-electron chi connectivity index (χ3n) is 4.21. The first-order valence-electron chi connectivity index (χ1n) is 8.11. The maximum absolute atomic E-state index is 12.4. The van der Waals surface area contributed by atoms with Gasteiger partial charge in [-0.3, -0.25) is 18.7 Å². The topological polar surface area (TPSA) is 134 Å². The Balaban J connectivity index is 1.82. The van der Waals surface area contributed by atoms with Crippen molar-refractivity contribution >= 4 is 17.1 Å². The van der Waals surface area contributed by atoms with Gasteiger partial charge in [0.15, 0.2) is 11.2 Å². The van der Waals surface area contributed by atoms with E-state index in [4.69, 9.17) is 10.5 Å². The number of primary amides is 1. The number of rotatable bonds is 6. The Labute approximate surface area is 153 Å². The van der Waals surface area contributed by atoms with Crippen LogP contribution in [0.15, 0.2) is 40.2 Å². The molecule has 0 aliphatic rings. The highest BCUT2D eigenvalue weighted by Gasteiger charge is 2.17. The van der Waals surface area contributed by atoms with Crippen LogP contribution in [0.5, 0.6) is 5.75 Å². The molecule has 0 spiro atoms. The predicted molar refractivity (Wildman–Crippen MR) is 96.7 cm³/mol. The van der Waals surface area contributed by atoms with Crippen LogP contribution in [-0.4, -0.2) is 42.4 Å². The summed E-state index contributed by atoms with van der Waals surface area (Å²) in [7, 11) is 2.89. The summed E-state index contributed by atoms with van der Waals surface area (Å²) in [4.78, 5) is 39.8. The summed E-state index contributed by atoms with van der Waals surface area (Å²) in [6, 6.07) is 6.44. The van der Waals surface area contributed by atoms with Crippen LogP contribution < -0.4 is 21.7 Å². The maximum Gasteiger partial charge on any atom is 0.332 e. The third-order valence-corrected chi connectivity index (χ3v) is 4.21. The number of carbonyl (C=O) groups is 1. The second-order valence-corrected chi connectivity index (χ2v) is 6.10. The van der Waals surface area contributed by atoms with Crippen molar-refractivity contribution < 1.29 is 14.6 Å². The first-order valence-corrected chi connectivity index (χ1v) is 8.11. The second-order valence-electron chi connectivity index (χ2n) is 6.10. The van der Waals surface area contributed by atoms with Gasteiger partial charge in [0.25, 0.3) is 11.5 Å². The molecule has 1 unspecified atom stereocenters. The Morgan fingerprint density at radius 2 is 1.96 bits per heavy atom. The monoisotopic (exact) mass is 373 g/mol. The van der Waals surface area contributed by atoms with E-state index in [2.05, 4.69) is 4.98 Å². The van der Waals surface area contributed by atoms with Crippen molar-refractivity contribution in [1.29, 1.82) is 0 Å². The fraction of sp³-hybridized carbons (Fsp3) is 0.294. The van der Waals surface area contributed by atoms with Crippen LogP contribution >= 0.6 is 0 Å². The SMILES string of the molecule is Cn1c(=O)c2c(ncn2CC(O)COc2ccccc2C(N)=O)n(C)c1=O. The van der Waals surface area contributed by atoms with E-state index in [0.717, 1.165) is 4.57 Å². The molecule has 0 aliphatic carbocycles. The molecule has 2 heterocycles. The minimum absolute atomic E-state index is 0.0165. The number of imidazole rings is 1. The molecule has 1 atom stereocenters. The van der Waals surface area contributed by atoms with E-state index in [1.54, 1.807) is 18.2 Å². The van der Waals surface area contributed by atoms with E-state index in [0.29, 0.717) is 0 Å². The standard InChI is InChI=1S/C17H19N5O5/c1-20-15-13(16(25)21(2)17(20)26)22(9-19-15)7-10(23)8-27-12-6-4-3-5-11(12)14(18)24/h3-6,9-10,23H,7-8H2,1-2H3,(H2,18,24). The van der Waals surface area contributed by atoms with E-state index in [1.165, 1.54) is 35.6 Å². The average Bonchev–Trinajstić information content (AvgIpc) is 3.06. The van der Waals surface area contributed by atoms with Gasteiger partial charge >= 0.3 is 5.69 Å². The number of fused-ring (bicyclic) bond motifs is 1. The van der Waals surface area contributed by atoms with Gasteiger partial charge in [-0.1, -0.05) is 12.1 Å². The molecule has 3 N–H and O–H groups in total. The van der Waals surface area contributed by atoms with Crippen molar-refractivity contribution in [3.63, 3.8) is 0 Å². The number of hydrogen-bond donors (Lipinski definition) is 2. The highest BCUT2D eigenvalue weighted by molar-refractivity contribution is 5.95. The van der Waals surface area contributed by atoms with Crippen molar-refractivity contribution in [2.24, 2.45) is 19.8 Å². The number of benzene rings is 1. The fourth-order valence-electron chi connectivity index (χ4n) is 2.80. The van der Waals surface area contributed by atoms with Gasteiger partial charge in [0.05, 0.1) is 18.4 Å². The van der Waals surface area contributed by atoms with Gasteiger partial charge in [-0.05, 0) is 12.1 Å². The van der Waals surface area contributed by atoms with Gasteiger partial charge in [-0.2, -0.15) is 0 Å². The zero-order valence-electron chi connectivity index (χ0n) is 14.8. The molecule has 1 aromatic carbocycles. The van der Waals surface area contributed by atoms with Gasteiger partial charge < -0.3 is 20.1 Å². The zero-order valence-corrected chi connectivity index (χ0v) is 14.8. The number of nitrogens with zero attached hydrogens (tertiary/aromatic N) is 4. The molecule has 1 amide bonds. The molecule has 10 nitrogen and oxygen atoms in total. The number of hydrogen-bond acceptors (Lipinski definition) is 6. The van der Waals surface area contributed by atoms with Crippen LogP contribution in [0.2, 0.25) is 0 Å². The van der Waals surface area contributed by atoms with Crippen molar-refractivity contribution in [3.05, 3.63) is 57.0 Å². The minimum Gasteiger partial charge on any atom is -0.490 e. The summed E-state index contributed by atoms with van der Waals surface area (Å²) in [5.74, 6) is -0.372. The molecule has 0 fully saturated rings. The Bertz CT molecular complexity index is 1130. The van der Waals surface area contributed by atoms with Crippen LogP contribution in [0, 0.1) is 0 Å². The van der Waals surface area contributed by atoms with Crippen molar-refractivity contribution in [2.45, 2.75) is 12.6 Å². The first-order chi connectivity index (χ1) is 12.8. The van der Waals surface area contributed by atoms with Crippen LogP contribution in [0.4, 0.5) is 0 Å². The minimum atomic E-state index is -0.995. The van der Waals surface area contributed by atoms with Crippen LogP contribution in [-0.2, 0) is 20.6 Å². The maximum atomic E-state index is 12.4. The second kappa shape index (κ2) is 7.08. The predicted octanol–water partition coefficient (Wildman–Crippen LogP) is -1.03. The number of ether oxygens (including phenoxy) is 1.